The van der Waals surface area contributed by atoms with Gasteiger partial charge in [0.2, 0.25) is 0 Å². The van der Waals surface area contributed by atoms with Crippen LogP contribution < -0.4 is 0 Å². The molecule has 0 saturated heterocycles. The number of ether oxygens (including phenoxy) is 1. The predicted octanol–water partition coefficient (Wildman–Crippen LogP) is 3.69. The van der Waals surface area contributed by atoms with E-state index < -0.39 is 17.5 Å². The minimum absolute atomic E-state index is 0.0802. The first-order valence-corrected chi connectivity index (χ1v) is 7.21. The SMILES string of the molecule is O=C(/C=C/c1cccc([N+](=O)[O-])c1)OCC(=O)c1ccc(Cl)cc1. The Bertz CT molecular complexity index is 799. The maximum absolute atomic E-state index is 11.8. The molecule has 0 heterocycles. The third-order valence-corrected chi connectivity index (χ3v) is 3.26. The molecule has 0 saturated carbocycles. The smallest absolute Gasteiger partial charge is 0.331 e. The number of hydrogen-bond donors (Lipinski definition) is 0. The van der Waals surface area contributed by atoms with Crippen molar-refractivity contribution in [2.24, 2.45) is 0 Å². The number of non-ortho nitro benzene ring substituents is 1. The molecular formula is C17H12ClNO5. The van der Waals surface area contributed by atoms with E-state index in [4.69, 9.17) is 16.3 Å². The molecule has 6 nitrogen and oxygen atoms in total. The van der Waals surface area contributed by atoms with Crippen LogP contribution in [0.4, 0.5) is 5.69 Å². The van der Waals surface area contributed by atoms with Gasteiger partial charge in [-0.1, -0.05) is 23.7 Å². The van der Waals surface area contributed by atoms with Crippen molar-refractivity contribution in [1.82, 2.24) is 0 Å². The Morgan fingerprint density at radius 2 is 1.88 bits per heavy atom. The largest absolute Gasteiger partial charge is 0.454 e. The van der Waals surface area contributed by atoms with Crippen molar-refractivity contribution >= 4 is 35.1 Å². The van der Waals surface area contributed by atoms with Crippen LogP contribution in [-0.4, -0.2) is 23.3 Å². The fraction of sp³-hybridized carbons (Fsp3) is 0.0588. The summed E-state index contributed by atoms with van der Waals surface area (Å²) in [7, 11) is 0. The molecule has 2 aromatic carbocycles. The minimum atomic E-state index is -0.719. The van der Waals surface area contributed by atoms with Gasteiger partial charge in [0.15, 0.2) is 12.4 Å². The number of carbonyl (C=O) groups is 2. The van der Waals surface area contributed by atoms with E-state index in [1.807, 2.05) is 0 Å². The number of halogens is 1. The molecule has 0 aliphatic heterocycles. The van der Waals surface area contributed by atoms with E-state index in [0.717, 1.165) is 6.08 Å². The quantitative estimate of drug-likeness (QED) is 0.262. The molecule has 0 aliphatic rings. The highest BCUT2D eigenvalue weighted by molar-refractivity contribution is 6.30. The van der Waals surface area contributed by atoms with Crippen molar-refractivity contribution in [3.05, 3.63) is 80.9 Å². The molecule has 0 amide bonds. The zero-order chi connectivity index (χ0) is 17.5. The average molecular weight is 346 g/mol. The van der Waals surface area contributed by atoms with Crippen LogP contribution in [0.15, 0.2) is 54.6 Å². The van der Waals surface area contributed by atoms with E-state index >= 15 is 0 Å². The highest BCUT2D eigenvalue weighted by Gasteiger charge is 2.08. The number of hydrogen-bond acceptors (Lipinski definition) is 5. The molecule has 0 radical (unpaired) electrons. The first-order valence-electron chi connectivity index (χ1n) is 6.84. The molecule has 0 atom stereocenters. The molecule has 122 valence electrons. The van der Waals surface area contributed by atoms with Crippen LogP contribution in [0.5, 0.6) is 0 Å². The Hall–Kier alpha value is -2.99. The van der Waals surface area contributed by atoms with E-state index in [0.29, 0.717) is 16.1 Å². The van der Waals surface area contributed by atoms with Gasteiger partial charge in [-0.15, -0.1) is 0 Å². The average Bonchev–Trinajstić information content (AvgIpc) is 2.58. The molecule has 2 rings (SSSR count). The molecule has 0 unspecified atom stereocenters. The van der Waals surface area contributed by atoms with Gasteiger partial charge in [0, 0.05) is 28.8 Å². The maximum atomic E-state index is 11.8. The number of nitro benzene ring substituents is 1. The number of esters is 1. The van der Waals surface area contributed by atoms with Crippen LogP contribution in [0.2, 0.25) is 5.02 Å². The Labute approximate surface area is 142 Å². The summed E-state index contributed by atoms with van der Waals surface area (Å²) in [5.74, 6) is -1.08. The van der Waals surface area contributed by atoms with Gasteiger partial charge in [-0.2, -0.15) is 0 Å². The Kier molecular flexibility index (Phi) is 5.81. The molecule has 2 aromatic rings. The van der Waals surface area contributed by atoms with Crippen LogP contribution >= 0.6 is 11.6 Å². The van der Waals surface area contributed by atoms with Gasteiger partial charge < -0.3 is 4.74 Å². The van der Waals surface area contributed by atoms with E-state index in [-0.39, 0.29) is 11.5 Å². The van der Waals surface area contributed by atoms with Gasteiger partial charge in [0.05, 0.1) is 4.92 Å². The van der Waals surface area contributed by atoms with Crippen LogP contribution in [0.25, 0.3) is 6.08 Å². The molecule has 0 N–H and O–H groups in total. The van der Waals surface area contributed by atoms with Crippen LogP contribution in [0.3, 0.4) is 0 Å². The number of Topliss-reactive ketones (excluding diaryl/α,β-unsaturated/α-hetero) is 1. The van der Waals surface area contributed by atoms with Gasteiger partial charge in [-0.05, 0) is 35.9 Å². The van der Waals surface area contributed by atoms with E-state index in [1.165, 1.54) is 36.4 Å². The highest BCUT2D eigenvalue weighted by Crippen LogP contribution is 2.14. The fourth-order valence-electron chi connectivity index (χ4n) is 1.81. The number of nitro groups is 1. The first-order chi connectivity index (χ1) is 11.5. The van der Waals surface area contributed by atoms with E-state index in [1.54, 1.807) is 18.2 Å². The number of benzene rings is 2. The van der Waals surface area contributed by atoms with Crippen molar-refractivity contribution in [3.8, 4) is 0 Å². The third-order valence-electron chi connectivity index (χ3n) is 3.00. The second-order valence-electron chi connectivity index (χ2n) is 4.72. The van der Waals surface area contributed by atoms with Crippen molar-refractivity contribution in [1.29, 1.82) is 0 Å². The second-order valence-corrected chi connectivity index (χ2v) is 5.16. The zero-order valence-corrected chi connectivity index (χ0v) is 13.1. The Balaban J connectivity index is 1.91. The molecule has 24 heavy (non-hydrogen) atoms. The van der Waals surface area contributed by atoms with Gasteiger partial charge in [-0.25, -0.2) is 4.79 Å². The van der Waals surface area contributed by atoms with Gasteiger partial charge in [-0.3, -0.25) is 14.9 Å². The number of nitrogens with zero attached hydrogens (tertiary/aromatic N) is 1. The number of ketones is 1. The van der Waals surface area contributed by atoms with E-state index in [2.05, 4.69) is 0 Å². The minimum Gasteiger partial charge on any atom is -0.454 e. The van der Waals surface area contributed by atoms with Crippen molar-refractivity contribution in [2.45, 2.75) is 0 Å². The van der Waals surface area contributed by atoms with Gasteiger partial charge in [0.25, 0.3) is 5.69 Å². The Morgan fingerprint density at radius 3 is 2.54 bits per heavy atom. The summed E-state index contributed by atoms with van der Waals surface area (Å²) in [5.41, 5.74) is 0.781. The molecule has 7 heteroatoms. The topological polar surface area (TPSA) is 86.5 Å². The first kappa shape index (κ1) is 17.4. The summed E-state index contributed by atoms with van der Waals surface area (Å²) >= 11 is 5.73. The lowest BCUT2D eigenvalue weighted by atomic mass is 10.1. The fourth-order valence-corrected chi connectivity index (χ4v) is 1.94. The van der Waals surface area contributed by atoms with Crippen molar-refractivity contribution in [3.63, 3.8) is 0 Å². The van der Waals surface area contributed by atoms with Crippen LogP contribution in [0, 0.1) is 10.1 Å². The summed E-state index contributed by atoms with van der Waals surface area (Å²) in [6, 6.07) is 12.0. The lowest BCUT2D eigenvalue weighted by molar-refractivity contribution is -0.384. The molecule has 0 bridgehead atoms. The number of carbonyl (C=O) groups excluding carboxylic acids is 2. The van der Waals surface area contributed by atoms with Crippen LogP contribution in [-0.2, 0) is 9.53 Å². The molecular weight excluding hydrogens is 334 g/mol. The molecule has 0 spiro atoms. The normalized spacial score (nSPS) is 10.5. The summed E-state index contributed by atoms with van der Waals surface area (Å²) in [5, 5.41) is 11.2. The standard InChI is InChI=1S/C17H12ClNO5/c18-14-7-5-13(6-8-14)16(20)11-24-17(21)9-4-12-2-1-3-15(10-12)19(22)23/h1-10H,11H2/b9-4+. The van der Waals surface area contributed by atoms with Crippen molar-refractivity contribution < 1.29 is 19.2 Å². The van der Waals surface area contributed by atoms with Crippen LogP contribution in [0.1, 0.15) is 15.9 Å². The van der Waals surface area contributed by atoms with Gasteiger partial charge in [0.1, 0.15) is 0 Å². The molecule has 0 aliphatic carbocycles. The predicted molar refractivity (Wildman–Crippen MR) is 88.9 cm³/mol. The molecule has 0 fully saturated rings. The summed E-state index contributed by atoms with van der Waals surface area (Å²) in [6.45, 7) is -0.403. The third kappa shape index (κ3) is 5.03. The zero-order valence-electron chi connectivity index (χ0n) is 12.3. The second kappa shape index (κ2) is 8.03. The maximum Gasteiger partial charge on any atom is 0.331 e. The van der Waals surface area contributed by atoms with E-state index in [9.17, 15) is 19.7 Å². The summed E-state index contributed by atoms with van der Waals surface area (Å²) in [4.78, 5) is 33.6. The number of rotatable bonds is 6. The summed E-state index contributed by atoms with van der Waals surface area (Å²) < 4.78 is 4.85. The lowest BCUT2D eigenvalue weighted by Gasteiger charge is -2.02. The Morgan fingerprint density at radius 1 is 1.17 bits per heavy atom. The summed E-state index contributed by atoms with van der Waals surface area (Å²) in [6.07, 6.45) is 2.48. The lowest BCUT2D eigenvalue weighted by Crippen LogP contribution is -2.12. The highest BCUT2D eigenvalue weighted by atomic mass is 35.5. The van der Waals surface area contributed by atoms with Crippen molar-refractivity contribution in [2.75, 3.05) is 6.61 Å². The van der Waals surface area contributed by atoms with Gasteiger partial charge >= 0.3 is 5.97 Å². The molecule has 0 aromatic heterocycles. The monoisotopic (exact) mass is 345 g/mol.